The molecule has 0 bridgehead atoms. The molecule has 0 fully saturated rings. The minimum atomic E-state index is -0.686. The molecular formula is C27H28FN3O4S. The molecule has 1 amide bonds. The first kappa shape index (κ1) is 25.5. The Morgan fingerprint density at radius 3 is 2.42 bits per heavy atom. The van der Waals surface area contributed by atoms with Crippen molar-refractivity contribution < 1.29 is 23.4 Å². The molecule has 9 heteroatoms. The highest BCUT2D eigenvalue weighted by molar-refractivity contribution is 8.03. The fourth-order valence-electron chi connectivity index (χ4n) is 3.90. The third-order valence-electron chi connectivity index (χ3n) is 5.66. The molecule has 1 atom stereocenters. The molecule has 0 radical (unpaired) electrons. The molecule has 1 unspecified atom stereocenters. The summed E-state index contributed by atoms with van der Waals surface area (Å²) < 4.78 is 30.1. The summed E-state index contributed by atoms with van der Waals surface area (Å²) in [6.07, 6.45) is 1.28. The third-order valence-corrected chi connectivity index (χ3v) is 6.71. The predicted molar refractivity (Wildman–Crippen MR) is 139 cm³/mol. The van der Waals surface area contributed by atoms with Gasteiger partial charge in [-0.05, 0) is 72.8 Å². The van der Waals surface area contributed by atoms with Gasteiger partial charge < -0.3 is 24.4 Å². The van der Waals surface area contributed by atoms with Crippen LogP contribution in [0, 0.1) is 19.8 Å². The van der Waals surface area contributed by atoms with E-state index in [9.17, 15) is 9.18 Å². The van der Waals surface area contributed by atoms with E-state index in [1.54, 1.807) is 7.11 Å². The first-order chi connectivity index (χ1) is 17.4. The molecule has 0 saturated carbocycles. The number of methoxy groups -OCH3 is 1. The van der Waals surface area contributed by atoms with Crippen LogP contribution in [0.2, 0.25) is 0 Å². The summed E-state index contributed by atoms with van der Waals surface area (Å²) in [7, 11) is 3.56. The topological polar surface area (TPSA) is 72.9 Å². The van der Waals surface area contributed by atoms with Crippen LogP contribution in [-0.4, -0.2) is 48.7 Å². The van der Waals surface area contributed by atoms with Gasteiger partial charge in [0.25, 0.3) is 5.91 Å². The second kappa shape index (κ2) is 11.5. The van der Waals surface area contributed by atoms with Crippen molar-refractivity contribution in [3.05, 3.63) is 88.3 Å². The van der Waals surface area contributed by atoms with E-state index in [0.717, 1.165) is 40.0 Å². The molecule has 1 aliphatic heterocycles. The van der Waals surface area contributed by atoms with Crippen LogP contribution in [0.3, 0.4) is 0 Å². The summed E-state index contributed by atoms with van der Waals surface area (Å²) >= 11 is 1.48. The highest BCUT2D eigenvalue weighted by Gasteiger charge is 2.28. The Balaban J connectivity index is 1.43. The Morgan fingerprint density at radius 1 is 1.06 bits per heavy atom. The van der Waals surface area contributed by atoms with Gasteiger partial charge in [-0.1, -0.05) is 11.8 Å². The lowest BCUT2D eigenvalue weighted by Crippen LogP contribution is -2.41. The molecule has 3 aromatic rings. The van der Waals surface area contributed by atoms with Crippen molar-refractivity contribution in [2.75, 3.05) is 27.4 Å². The van der Waals surface area contributed by atoms with Crippen molar-refractivity contribution >= 4 is 23.4 Å². The number of nitrogens with one attached hydrogen (secondary N) is 1. The standard InChI is InChI=1S/C27H28FN3O4S/c1-17-13-22(35-21-7-5-20(6-8-21)34-12-11-33-4)14-18(2)25(17)23-16-36-27(31(23)3)30-26(32)19-9-10-29-24(28)15-19/h5-10,13-16,27H,11-12H2,1-4H3,(H,30,32). The van der Waals surface area contributed by atoms with E-state index in [-0.39, 0.29) is 17.0 Å². The van der Waals surface area contributed by atoms with Gasteiger partial charge in [-0.3, -0.25) is 4.79 Å². The van der Waals surface area contributed by atoms with E-state index < -0.39 is 5.95 Å². The summed E-state index contributed by atoms with van der Waals surface area (Å²) in [6, 6.07) is 14.1. The number of nitrogens with zero attached hydrogens (tertiary/aromatic N) is 2. The second-order valence-corrected chi connectivity index (χ2v) is 9.24. The number of pyridine rings is 1. The summed E-state index contributed by atoms with van der Waals surface area (Å²) in [5.74, 6) is 1.16. The molecule has 7 nitrogen and oxygen atoms in total. The number of carbonyl (C=O) groups excluding carboxylic acids is 1. The van der Waals surface area contributed by atoms with Crippen LogP contribution >= 0.6 is 11.8 Å². The quantitative estimate of drug-likeness (QED) is 0.308. The van der Waals surface area contributed by atoms with E-state index in [0.29, 0.717) is 19.0 Å². The Labute approximate surface area is 214 Å². The van der Waals surface area contributed by atoms with Crippen LogP contribution < -0.4 is 14.8 Å². The zero-order valence-electron chi connectivity index (χ0n) is 20.6. The lowest BCUT2D eigenvalue weighted by molar-refractivity contribution is 0.0932. The first-order valence-electron chi connectivity index (χ1n) is 11.4. The normalized spacial score (nSPS) is 15.0. The lowest BCUT2D eigenvalue weighted by atomic mass is 9.99. The van der Waals surface area contributed by atoms with Crippen molar-refractivity contribution in [2.45, 2.75) is 19.3 Å². The number of aromatic nitrogens is 1. The lowest BCUT2D eigenvalue weighted by Gasteiger charge is -2.27. The third kappa shape index (κ3) is 5.98. The minimum Gasteiger partial charge on any atom is -0.491 e. The summed E-state index contributed by atoms with van der Waals surface area (Å²) in [6.45, 7) is 5.09. The molecule has 1 N–H and O–H groups in total. The number of benzene rings is 2. The monoisotopic (exact) mass is 509 g/mol. The zero-order valence-corrected chi connectivity index (χ0v) is 21.4. The summed E-state index contributed by atoms with van der Waals surface area (Å²) in [5, 5.41) is 4.96. The largest absolute Gasteiger partial charge is 0.491 e. The van der Waals surface area contributed by atoms with Gasteiger partial charge in [0.2, 0.25) is 5.95 Å². The molecule has 2 heterocycles. The number of rotatable bonds is 9. The number of amides is 1. The smallest absolute Gasteiger partial charge is 0.253 e. The maximum Gasteiger partial charge on any atom is 0.253 e. The van der Waals surface area contributed by atoms with Gasteiger partial charge in [0.1, 0.15) is 23.9 Å². The number of thioether (sulfide) groups is 1. The van der Waals surface area contributed by atoms with Crippen molar-refractivity contribution in [3.8, 4) is 17.2 Å². The van der Waals surface area contributed by atoms with Crippen LogP contribution in [-0.2, 0) is 4.74 Å². The molecule has 1 aliphatic rings. The van der Waals surface area contributed by atoms with Crippen molar-refractivity contribution in [1.82, 2.24) is 15.2 Å². The van der Waals surface area contributed by atoms with Gasteiger partial charge in [-0.15, -0.1) is 0 Å². The van der Waals surface area contributed by atoms with Crippen LogP contribution in [0.15, 0.2) is 60.1 Å². The van der Waals surface area contributed by atoms with Gasteiger partial charge in [0.15, 0.2) is 5.50 Å². The fourth-order valence-corrected chi connectivity index (χ4v) is 4.92. The SMILES string of the molecule is COCCOc1ccc(Oc2cc(C)c(C3=CSC(NC(=O)c4ccnc(F)c4)N3C)c(C)c2)cc1. The number of aryl methyl sites for hydroxylation is 2. The summed E-state index contributed by atoms with van der Waals surface area (Å²) in [5.41, 5.74) is 4.07. The highest BCUT2D eigenvalue weighted by atomic mass is 32.2. The fraction of sp³-hybridized carbons (Fsp3) is 0.259. The van der Waals surface area contributed by atoms with E-state index in [1.807, 2.05) is 67.6 Å². The molecular weight excluding hydrogens is 481 g/mol. The molecule has 0 spiro atoms. The molecule has 0 saturated heterocycles. The molecule has 188 valence electrons. The Bertz CT molecular complexity index is 1240. The van der Waals surface area contributed by atoms with Gasteiger partial charge in [0.05, 0.1) is 12.3 Å². The van der Waals surface area contributed by atoms with Gasteiger partial charge in [-0.25, -0.2) is 4.98 Å². The maximum absolute atomic E-state index is 13.4. The number of hydrogen-bond acceptors (Lipinski definition) is 7. The van der Waals surface area contributed by atoms with Crippen molar-refractivity contribution in [1.29, 1.82) is 0 Å². The Kier molecular flexibility index (Phi) is 8.12. The highest BCUT2D eigenvalue weighted by Crippen LogP contribution is 2.39. The van der Waals surface area contributed by atoms with Crippen LogP contribution in [0.1, 0.15) is 27.0 Å². The van der Waals surface area contributed by atoms with Crippen LogP contribution in [0.4, 0.5) is 4.39 Å². The predicted octanol–water partition coefficient (Wildman–Crippen LogP) is 5.35. The maximum atomic E-state index is 13.4. The van der Waals surface area contributed by atoms with Crippen LogP contribution in [0.5, 0.6) is 17.2 Å². The number of halogens is 1. The van der Waals surface area contributed by atoms with Gasteiger partial charge in [0, 0.05) is 37.5 Å². The number of carbonyl (C=O) groups is 1. The Morgan fingerprint density at radius 2 is 1.75 bits per heavy atom. The summed E-state index contributed by atoms with van der Waals surface area (Å²) in [4.78, 5) is 18.1. The number of ether oxygens (including phenoxy) is 3. The van der Waals surface area contributed by atoms with Crippen LogP contribution in [0.25, 0.3) is 5.70 Å². The Hall–Kier alpha value is -3.56. The molecule has 36 heavy (non-hydrogen) atoms. The van der Waals surface area contributed by atoms with Gasteiger partial charge >= 0.3 is 0 Å². The minimum absolute atomic E-state index is 0.230. The molecule has 4 rings (SSSR count). The van der Waals surface area contributed by atoms with Crippen molar-refractivity contribution in [2.24, 2.45) is 0 Å². The van der Waals surface area contributed by atoms with Gasteiger partial charge in [-0.2, -0.15) is 4.39 Å². The molecule has 2 aromatic carbocycles. The zero-order chi connectivity index (χ0) is 25.7. The van der Waals surface area contributed by atoms with E-state index in [2.05, 4.69) is 10.3 Å². The second-order valence-electron chi connectivity index (χ2n) is 8.29. The van der Waals surface area contributed by atoms with Crippen molar-refractivity contribution in [3.63, 3.8) is 0 Å². The van der Waals surface area contributed by atoms with E-state index in [1.165, 1.54) is 24.0 Å². The molecule has 0 aliphatic carbocycles. The van der Waals surface area contributed by atoms with E-state index >= 15 is 0 Å². The van der Waals surface area contributed by atoms with E-state index in [4.69, 9.17) is 14.2 Å². The average molecular weight is 510 g/mol. The number of hydrogen-bond donors (Lipinski definition) is 1. The first-order valence-corrected chi connectivity index (χ1v) is 12.3. The molecule has 1 aromatic heterocycles. The average Bonchev–Trinajstić information content (AvgIpc) is 3.19.